The van der Waals surface area contributed by atoms with Crippen LogP contribution in [-0.4, -0.2) is 19.1 Å². The third-order valence-electron chi connectivity index (χ3n) is 0.793. The van der Waals surface area contributed by atoms with E-state index in [1.807, 2.05) is 0 Å². The quantitative estimate of drug-likeness (QED) is 0.257. The molecule has 0 heterocycles. The highest BCUT2D eigenvalue weighted by molar-refractivity contribution is 5.74. The minimum atomic E-state index is -0.657. The molecule has 0 unspecified atom stereocenters. The second-order valence-electron chi connectivity index (χ2n) is 1.56. The molecule has 0 fully saturated rings. The number of hydrogen-bond donors (Lipinski definition) is 2. The first-order chi connectivity index (χ1) is 4.81. The molecular weight excluding hydrogens is 134 g/mol. The topological polar surface area (TPSA) is 104 Å². The SMILES string of the molecule is [N-]=[N+]=NC(=O)NCCCN. The van der Waals surface area contributed by atoms with Crippen LogP contribution in [0.4, 0.5) is 4.79 Å². The van der Waals surface area contributed by atoms with Crippen molar-refractivity contribution < 1.29 is 4.79 Å². The van der Waals surface area contributed by atoms with E-state index in [0.29, 0.717) is 19.5 Å². The first kappa shape index (κ1) is 8.74. The molecule has 0 aromatic heterocycles. The molecule has 6 heteroatoms. The smallest absolute Gasteiger partial charge is 0.308 e. The summed E-state index contributed by atoms with van der Waals surface area (Å²) >= 11 is 0. The van der Waals surface area contributed by atoms with Gasteiger partial charge in [-0.3, -0.25) is 4.79 Å². The van der Waals surface area contributed by atoms with Gasteiger partial charge < -0.3 is 11.1 Å². The lowest BCUT2D eigenvalue weighted by molar-refractivity contribution is 0.249. The third kappa shape index (κ3) is 4.89. The van der Waals surface area contributed by atoms with E-state index in [2.05, 4.69) is 15.3 Å². The van der Waals surface area contributed by atoms with Crippen molar-refractivity contribution >= 4 is 6.03 Å². The average molecular weight is 143 g/mol. The number of nitrogens with two attached hydrogens (primary N) is 1. The molecule has 0 aliphatic heterocycles. The van der Waals surface area contributed by atoms with E-state index >= 15 is 0 Å². The second kappa shape index (κ2) is 5.87. The maximum absolute atomic E-state index is 10.3. The average Bonchev–Trinajstić information content (AvgIpc) is 1.89. The summed E-state index contributed by atoms with van der Waals surface area (Å²) in [6.45, 7) is 0.963. The van der Waals surface area contributed by atoms with Crippen LogP contribution in [0.5, 0.6) is 0 Å². The fourth-order valence-electron chi connectivity index (χ4n) is 0.373. The van der Waals surface area contributed by atoms with Gasteiger partial charge in [0.25, 0.3) is 0 Å². The lowest BCUT2D eigenvalue weighted by Gasteiger charge is -1.96. The van der Waals surface area contributed by atoms with Gasteiger partial charge in [0.1, 0.15) is 0 Å². The lowest BCUT2D eigenvalue weighted by Crippen LogP contribution is -2.22. The van der Waals surface area contributed by atoms with Crippen LogP contribution < -0.4 is 11.1 Å². The largest absolute Gasteiger partial charge is 0.350 e. The van der Waals surface area contributed by atoms with Crippen LogP contribution in [0.15, 0.2) is 5.11 Å². The molecule has 6 nitrogen and oxygen atoms in total. The fraction of sp³-hybridized carbons (Fsp3) is 0.750. The molecule has 0 spiro atoms. The molecule has 3 N–H and O–H groups in total. The first-order valence-electron chi connectivity index (χ1n) is 2.84. The molecular formula is C4H9N5O. The summed E-state index contributed by atoms with van der Waals surface area (Å²) in [5, 5.41) is 5.13. The number of hydrogen-bond acceptors (Lipinski definition) is 2. The number of rotatable bonds is 3. The van der Waals surface area contributed by atoms with Crippen molar-refractivity contribution in [2.45, 2.75) is 6.42 Å². The van der Waals surface area contributed by atoms with Gasteiger partial charge in [0.05, 0.1) is 0 Å². The van der Waals surface area contributed by atoms with E-state index in [1.54, 1.807) is 0 Å². The summed E-state index contributed by atoms with van der Waals surface area (Å²) in [5.41, 5.74) is 12.9. The maximum Gasteiger partial charge on any atom is 0.308 e. The zero-order valence-electron chi connectivity index (χ0n) is 5.45. The van der Waals surface area contributed by atoms with E-state index in [9.17, 15) is 4.79 Å². The van der Waals surface area contributed by atoms with Gasteiger partial charge in [-0.2, -0.15) is 0 Å². The summed E-state index contributed by atoms with van der Waals surface area (Å²) in [6.07, 6.45) is 0.687. The Labute approximate surface area is 58.0 Å². The van der Waals surface area contributed by atoms with Gasteiger partial charge in [0.15, 0.2) is 0 Å². The van der Waals surface area contributed by atoms with E-state index in [-0.39, 0.29) is 0 Å². The fourth-order valence-corrected chi connectivity index (χ4v) is 0.373. The molecule has 0 aliphatic rings. The number of carbonyl (C=O) groups is 1. The molecule has 0 aromatic rings. The van der Waals surface area contributed by atoms with Gasteiger partial charge in [-0.15, -0.1) is 0 Å². The van der Waals surface area contributed by atoms with E-state index in [0.717, 1.165) is 0 Å². The van der Waals surface area contributed by atoms with Crippen LogP contribution in [0, 0.1) is 0 Å². The standard InChI is InChI=1S/C4H9N5O/c5-2-1-3-7-4(10)8-9-6/h1-3,5H2,(H,7,10). The van der Waals surface area contributed by atoms with Crippen molar-refractivity contribution in [1.82, 2.24) is 5.32 Å². The van der Waals surface area contributed by atoms with Crippen molar-refractivity contribution in [3.05, 3.63) is 10.4 Å². The predicted molar refractivity (Wildman–Crippen MR) is 36.2 cm³/mol. The minimum Gasteiger partial charge on any atom is -0.350 e. The van der Waals surface area contributed by atoms with Crippen LogP contribution in [0.25, 0.3) is 10.4 Å². The highest BCUT2D eigenvalue weighted by Gasteiger charge is 1.91. The molecule has 0 saturated carbocycles. The second-order valence-corrected chi connectivity index (χ2v) is 1.56. The summed E-state index contributed by atoms with van der Waals surface area (Å²) < 4.78 is 0. The van der Waals surface area contributed by atoms with Gasteiger partial charge in [0.2, 0.25) is 0 Å². The number of azide groups is 1. The highest BCUT2D eigenvalue weighted by Crippen LogP contribution is 1.75. The van der Waals surface area contributed by atoms with Gasteiger partial charge in [-0.25, -0.2) is 0 Å². The molecule has 0 bridgehead atoms. The molecule has 0 radical (unpaired) electrons. The Balaban J connectivity index is 3.31. The summed E-state index contributed by atoms with van der Waals surface area (Å²) in [5.74, 6) is 0. The molecule has 0 rings (SSSR count). The van der Waals surface area contributed by atoms with E-state index < -0.39 is 6.03 Å². The van der Waals surface area contributed by atoms with Crippen LogP contribution in [-0.2, 0) is 0 Å². The van der Waals surface area contributed by atoms with Gasteiger partial charge in [0, 0.05) is 16.6 Å². The highest BCUT2D eigenvalue weighted by atomic mass is 16.2. The zero-order chi connectivity index (χ0) is 7.82. The van der Waals surface area contributed by atoms with Gasteiger partial charge in [-0.1, -0.05) is 0 Å². The summed E-state index contributed by atoms with van der Waals surface area (Å²) in [4.78, 5) is 12.6. The molecule has 0 atom stereocenters. The van der Waals surface area contributed by atoms with Crippen molar-refractivity contribution in [1.29, 1.82) is 0 Å². The third-order valence-corrected chi connectivity index (χ3v) is 0.793. The Hall–Kier alpha value is -1.26. The monoisotopic (exact) mass is 143 g/mol. The zero-order valence-corrected chi connectivity index (χ0v) is 5.45. The number of urea groups is 1. The first-order valence-corrected chi connectivity index (χ1v) is 2.84. The Kier molecular flexibility index (Phi) is 5.13. The van der Waals surface area contributed by atoms with Crippen molar-refractivity contribution in [2.75, 3.05) is 13.1 Å². The van der Waals surface area contributed by atoms with Crippen LogP contribution in [0.1, 0.15) is 6.42 Å². The van der Waals surface area contributed by atoms with Crippen LogP contribution in [0.2, 0.25) is 0 Å². The summed E-state index contributed by atoms with van der Waals surface area (Å²) in [6, 6.07) is -0.657. The van der Waals surface area contributed by atoms with E-state index in [4.69, 9.17) is 11.3 Å². The van der Waals surface area contributed by atoms with Crippen LogP contribution >= 0.6 is 0 Å². The van der Waals surface area contributed by atoms with Crippen molar-refractivity contribution in [2.24, 2.45) is 10.8 Å². The van der Waals surface area contributed by atoms with E-state index in [1.165, 1.54) is 0 Å². The predicted octanol–water partition coefficient (Wildman–Crippen LogP) is 0.355. The van der Waals surface area contributed by atoms with Gasteiger partial charge in [-0.05, 0) is 18.5 Å². The molecule has 2 amide bonds. The number of nitrogens with zero attached hydrogens (tertiary/aromatic N) is 3. The Morgan fingerprint density at radius 3 is 3.00 bits per heavy atom. The molecule has 10 heavy (non-hydrogen) atoms. The lowest BCUT2D eigenvalue weighted by atomic mass is 10.4. The summed E-state index contributed by atoms with van der Waals surface area (Å²) in [7, 11) is 0. The Morgan fingerprint density at radius 2 is 2.50 bits per heavy atom. The Morgan fingerprint density at radius 1 is 1.80 bits per heavy atom. The van der Waals surface area contributed by atoms with Crippen molar-refractivity contribution in [3.8, 4) is 0 Å². The molecule has 0 aliphatic carbocycles. The number of nitrogens with one attached hydrogen (secondary N) is 1. The van der Waals surface area contributed by atoms with Crippen LogP contribution in [0.3, 0.4) is 0 Å². The van der Waals surface area contributed by atoms with Crippen molar-refractivity contribution in [3.63, 3.8) is 0 Å². The van der Waals surface area contributed by atoms with Gasteiger partial charge >= 0.3 is 6.03 Å². The molecule has 0 saturated heterocycles. The molecule has 0 aromatic carbocycles. The number of carbonyl (C=O) groups excluding carboxylic acids is 1. The Bertz CT molecular complexity index is 150. The normalized spacial score (nSPS) is 8.10. The minimum absolute atomic E-state index is 0.453. The molecule has 56 valence electrons. The number of amides is 2. The maximum atomic E-state index is 10.3.